The third-order valence-electron chi connectivity index (χ3n) is 4.12. The maximum absolute atomic E-state index is 11.6. The Labute approximate surface area is 92.9 Å². The summed E-state index contributed by atoms with van der Waals surface area (Å²) in [6.07, 6.45) is 4.72. The monoisotopic (exact) mass is 231 g/mol. The fourth-order valence-corrected chi connectivity index (χ4v) is 4.53. The Morgan fingerprint density at radius 1 is 1.27 bits per heavy atom. The normalized spacial score (nSPS) is 37.5. The van der Waals surface area contributed by atoms with Crippen LogP contribution < -0.4 is 0 Å². The summed E-state index contributed by atoms with van der Waals surface area (Å²) >= 11 is 0. The van der Waals surface area contributed by atoms with Crippen molar-refractivity contribution in [2.24, 2.45) is 17.8 Å². The molecule has 0 aromatic rings. The molecule has 3 atom stereocenters. The van der Waals surface area contributed by atoms with Gasteiger partial charge in [0.25, 0.3) is 0 Å². The van der Waals surface area contributed by atoms with Crippen molar-refractivity contribution in [1.29, 1.82) is 0 Å². The molecule has 0 aromatic carbocycles. The molecule has 0 aromatic heterocycles. The van der Waals surface area contributed by atoms with Gasteiger partial charge in [-0.1, -0.05) is 13.8 Å². The molecule has 0 radical (unpaired) electrons. The Morgan fingerprint density at radius 2 is 1.93 bits per heavy atom. The van der Waals surface area contributed by atoms with Crippen molar-refractivity contribution in [2.75, 3.05) is 12.8 Å². The van der Waals surface area contributed by atoms with E-state index in [1.807, 2.05) is 0 Å². The number of nitrogens with zero attached hydrogens (tertiary/aromatic N) is 1. The zero-order valence-electron chi connectivity index (χ0n) is 9.81. The molecular formula is C11H21NO2S. The molecule has 1 saturated carbocycles. The molecule has 0 N–H and O–H groups in total. The van der Waals surface area contributed by atoms with Crippen molar-refractivity contribution in [2.45, 2.75) is 39.2 Å². The van der Waals surface area contributed by atoms with E-state index in [0.29, 0.717) is 11.8 Å². The fourth-order valence-electron chi connectivity index (χ4n) is 3.34. The molecule has 2 heterocycles. The van der Waals surface area contributed by atoms with Gasteiger partial charge in [-0.2, -0.15) is 4.31 Å². The van der Waals surface area contributed by atoms with Gasteiger partial charge < -0.3 is 0 Å². The minimum absolute atomic E-state index is 0.289. The third-order valence-corrected chi connectivity index (χ3v) is 5.42. The number of fused-ring (bicyclic) bond motifs is 3. The van der Waals surface area contributed by atoms with Gasteiger partial charge in [-0.25, -0.2) is 8.42 Å². The van der Waals surface area contributed by atoms with E-state index in [2.05, 4.69) is 13.8 Å². The van der Waals surface area contributed by atoms with Crippen LogP contribution in [0.4, 0.5) is 0 Å². The molecule has 88 valence electrons. The molecule has 2 saturated heterocycles. The van der Waals surface area contributed by atoms with Gasteiger partial charge in [-0.05, 0) is 37.0 Å². The zero-order valence-corrected chi connectivity index (χ0v) is 10.6. The van der Waals surface area contributed by atoms with Crippen molar-refractivity contribution in [3.63, 3.8) is 0 Å². The summed E-state index contributed by atoms with van der Waals surface area (Å²) in [6, 6.07) is 0.289. The summed E-state index contributed by atoms with van der Waals surface area (Å²) in [6.45, 7) is 5.29. The Balaban J connectivity index is 2.16. The molecule has 3 rings (SSSR count). The lowest BCUT2D eigenvalue weighted by Crippen LogP contribution is -2.54. The van der Waals surface area contributed by atoms with Gasteiger partial charge in [-0.15, -0.1) is 0 Å². The second-order valence-electron chi connectivity index (χ2n) is 5.47. The fraction of sp³-hybridized carbons (Fsp3) is 1.00. The molecular weight excluding hydrogens is 210 g/mol. The number of piperidine rings is 2. The number of hydrogen-bond acceptors (Lipinski definition) is 2. The van der Waals surface area contributed by atoms with E-state index in [4.69, 9.17) is 0 Å². The largest absolute Gasteiger partial charge is 0.212 e. The highest BCUT2D eigenvalue weighted by Crippen LogP contribution is 2.43. The smallest absolute Gasteiger partial charge is 0.211 e. The molecule has 4 heteroatoms. The standard InChI is InChI=1S/C11H21NO2S/c1-8(2)11-6-10-5-4-9(11)7-12(10)15(3,13)14/h8-11H,4-7H2,1-3H3. The lowest BCUT2D eigenvalue weighted by Gasteiger charge is -2.49. The predicted molar refractivity (Wildman–Crippen MR) is 61.0 cm³/mol. The first kappa shape index (κ1) is 11.4. The Morgan fingerprint density at radius 3 is 2.33 bits per heavy atom. The van der Waals surface area contributed by atoms with Crippen molar-refractivity contribution in [1.82, 2.24) is 4.31 Å². The highest BCUT2D eigenvalue weighted by molar-refractivity contribution is 7.88. The van der Waals surface area contributed by atoms with Gasteiger partial charge in [0.05, 0.1) is 6.26 Å². The lowest BCUT2D eigenvalue weighted by molar-refractivity contribution is 0.0380. The number of sulfonamides is 1. The molecule has 15 heavy (non-hydrogen) atoms. The van der Waals surface area contributed by atoms with Crippen molar-refractivity contribution in [3.05, 3.63) is 0 Å². The number of rotatable bonds is 2. The Kier molecular flexibility index (Phi) is 2.84. The number of hydrogen-bond donors (Lipinski definition) is 0. The molecule has 0 amide bonds. The molecule has 2 bridgehead atoms. The summed E-state index contributed by atoms with van der Waals surface area (Å²) in [5.41, 5.74) is 0. The zero-order chi connectivity index (χ0) is 11.2. The van der Waals surface area contributed by atoms with Crippen LogP contribution in [0.3, 0.4) is 0 Å². The van der Waals surface area contributed by atoms with Gasteiger partial charge in [0.2, 0.25) is 10.0 Å². The molecule has 2 aliphatic heterocycles. The molecule has 3 nitrogen and oxygen atoms in total. The van der Waals surface area contributed by atoms with E-state index in [0.717, 1.165) is 25.3 Å². The van der Waals surface area contributed by atoms with E-state index in [9.17, 15) is 8.42 Å². The van der Waals surface area contributed by atoms with Crippen LogP contribution in [0.25, 0.3) is 0 Å². The van der Waals surface area contributed by atoms with Crippen LogP contribution >= 0.6 is 0 Å². The second kappa shape index (κ2) is 3.74. The van der Waals surface area contributed by atoms with Gasteiger partial charge >= 0.3 is 0 Å². The van der Waals surface area contributed by atoms with Crippen molar-refractivity contribution < 1.29 is 8.42 Å². The first-order valence-corrected chi connectivity index (χ1v) is 7.71. The second-order valence-corrected chi connectivity index (χ2v) is 7.40. The Bertz CT molecular complexity index is 336. The van der Waals surface area contributed by atoms with Gasteiger partial charge in [0.15, 0.2) is 0 Å². The van der Waals surface area contributed by atoms with Gasteiger partial charge in [0.1, 0.15) is 0 Å². The highest BCUT2D eigenvalue weighted by Gasteiger charge is 2.44. The minimum atomic E-state index is -2.97. The summed E-state index contributed by atoms with van der Waals surface area (Å²) < 4.78 is 24.9. The van der Waals surface area contributed by atoms with Gasteiger partial charge in [-0.3, -0.25) is 0 Å². The summed E-state index contributed by atoms with van der Waals surface area (Å²) in [5.74, 6) is 2.03. The molecule has 3 aliphatic rings. The maximum Gasteiger partial charge on any atom is 0.211 e. The lowest BCUT2D eigenvalue weighted by atomic mass is 9.69. The van der Waals surface area contributed by atoms with Crippen LogP contribution in [-0.4, -0.2) is 31.6 Å². The van der Waals surface area contributed by atoms with Crippen LogP contribution in [0.2, 0.25) is 0 Å². The SMILES string of the molecule is CC(C)C1CC2CCC1CN2S(C)(=O)=O. The minimum Gasteiger partial charge on any atom is -0.212 e. The van der Waals surface area contributed by atoms with Crippen LogP contribution in [0, 0.1) is 17.8 Å². The van der Waals surface area contributed by atoms with E-state index < -0.39 is 10.0 Å². The van der Waals surface area contributed by atoms with E-state index in [1.54, 1.807) is 4.31 Å². The summed E-state index contributed by atoms with van der Waals surface area (Å²) in [5, 5.41) is 0. The third kappa shape index (κ3) is 2.07. The topological polar surface area (TPSA) is 37.4 Å². The highest BCUT2D eigenvalue weighted by atomic mass is 32.2. The van der Waals surface area contributed by atoms with Crippen LogP contribution in [-0.2, 0) is 10.0 Å². The van der Waals surface area contributed by atoms with Crippen LogP contribution in [0.15, 0.2) is 0 Å². The quantitative estimate of drug-likeness (QED) is 0.725. The van der Waals surface area contributed by atoms with Gasteiger partial charge in [0, 0.05) is 12.6 Å². The molecule has 1 aliphatic carbocycles. The molecule has 0 spiro atoms. The van der Waals surface area contributed by atoms with Crippen LogP contribution in [0.5, 0.6) is 0 Å². The average Bonchev–Trinajstić information content (AvgIpc) is 2.16. The summed E-state index contributed by atoms with van der Waals surface area (Å²) in [4.78, 5) is 0. The van der Waals surface area contributed by atoms with Crippen LogP contribution in [0.1, 0.15) is 33.1 Å². The van der Waals surface area contributed by atoms with Crippen molar-refractivity contribution in [3.8, 4) is 0 Å². The predicted octanol–water partition coefficient (Wildman–Crippen LogP) is 1.70. The Hall–Kier alpha value is -0.0900. The molecule has 3 fully saturated rings. The van der Waals surface area contributed by atoms with E-state index in [1.165, 1.54) is 12.7 Å². The van der Waals surface area contributed by atoms with E-state index in [-0.39, 0.29) is 6.04 Å². The molecule has 3 unspecified atom stereocenters. The van der Waals surface area contributed by atoms with Crippen molar-refractivity contribution >= 4 is 10.0 Å². The van der Waals surface area contributed by atoms with E-state index >= 15 is 0 Å². The average molecular weight is 231 g/mol. The maximum atomic E-state index is 11.6. The first-order chi connectivity index (χ1) is 6.89. The summed E-state index contributed by atoms with van der Waals surface area (Å²) in [7, 11) is -2.97. The first-order valence-electron chi connectivity index (χ1n) is 5.86.